The van der Waals surface area contributed by atoms with Crippen LogP contribution in [0.5, 0.6) is 11.5 Å². The van der Waals surface area contributed by atoms with Crippen molar-refractivity contribution in [3.05, 3.63) is 76.8 Å². The Bertz CT molecular complexity index is 1060. The molecule has 0 saturated carbocycles. The average molecular weight is 333 g/mol. The summed E-state index contributed by atoms with van der Waals surface area (Å²) in [6, 6.07) is 20.1. The highest BCUT2D eigenvalue weighted by atomic mass is 16.6. The summed E-state index contributed by atoms with van der Waals surface area (Å²) in [4.78, 5) is 10.5. The number of para-hydroxylation sites is 1. The number of rotatable bonds is 4. The molecule has 0 aliphatic heterocycles. The molecule has 1 heterocycles. The summed E-state index contributed by atoms with van der Waals surface area (Å²) in [5.41, 5.74) is 1.97. The highest BCUT2D eigenvalue weighted by molar-refractivity contribution is 5.88. The van der Waals surface area contributed by atoms with Gasteiger partial charge < -0.3 is 4.74 Å². The van der Waals surface area contributed by atoms with Crippen molar-refractivity contribution in [1.82, 2.24) is 10.3 Å². The van der Waals surface area contributed by atoms with Gasteiger partial charge in [0.1, 0.15) is 5.75 Å². The third-order valence-electron chi connectivity index (χ3n) is 3.75. The van der Waals surface area contributed by atoms with E-state index in [4.69, 9.17) is 4.74 Å². The fourth-order valence-electron chi connectivity index (χ4n) is 2.59. The largest absolute Gasteiger partial charge is 0.454 e. The van der Waals surface area contributed by atoms with E-state index < -0.39 is 4.92 Å². The number of nitro groups is 1. The van der Waals surface area contributed by atoms with Crippen LogP contribution in [0.25, 0.3) is 22.2 Å². The Kier molecular flexibility index (Phi) is 3.59. The fraction of sp³-hybridized carbons (Fsp3) is 0. The molecule has 0 radical (unpaired) electrons. The van der Waals surface area contributed by atoms with Crippen LogP contribution in [-0.4, -0.2) is 15.2 Å². The van der Waals surface area contributed by atoms with E-state index in [0.717, 1.165) is 11.1 Å². The highest BCUT2D eigenvalue weighted by Gasteiger charge is 2.21. The predicted octanol–water partition coefficient (Wildman–Crippen LogP) is 4.59. The van der Waals surface area contributed by atoms with Crippen LogP contribution in [-0.2, 0) is 0 Å². The van der Waals surface area contributed by atoms with Crippen LogP contribution < -0.4 is 4.74 Å². The second kappa shape index (κ2) is 6.04. The first kappa shape index (κ1) is 14.8. The molecule has 3 aromatic carbocycles. The number of aromatic nitrogens is 2. The normalized spacial score (nSPS) is 10.7. The minimum Gasteiger partial charge on any atom is -0.454 e. The van der Waals surface area contributed by atoms with E-state index in [9.17, 15) is 10.1 Å². The number of nitro benzene ring substituents is 1. The van der Waals surface area contributed by atoms with E-state index in [2.05, 4.69) is 14.9 Å². The molecule has 4 aromatic rings. The molecule has 25 heavy (non-hydrogen) atoms. The van der Waals surface area contributed by atoms with Gasteiger partial charge in [-0.2, -0.15) is 0 Å². The van der Waals surface area contributed by atoms with Gasteiger partial charge >= 0.3 is 5.69 Å². The number of nitrogens with zero attached hydrogens (tertiary/aromatic N) is 3. The van der Waals surface area contributed by atoms with E-state index in [0.29, 0.717) is 11.5 Å². The minimum absolute atomic E-state index is 0.0553. The van der Waals surface area contributed by atoms with Crippen LogP contribution in [0.15, 0.2) is 71.4 Å². The quantitative estimate of drug-likeness (QED) is 0.400. The molecule has 0 aliphatic rings. The second-order valence-electron chi connectivity index (χ2n) is 5.27. The van der Waals surface area contributed by atoms with Crippen molar-refractivity contribution in [2.45, 2.75) is 0 Å². The van der Waals surface area contributed by atoms with E-state index in [-0.39, 0.29) is 16.7 Å². The monoisotopic (exact) mass is 333 g/mol. The molecule has 4 rings (SSSR count). The summed E-state index contributed by atoms with van der Waals surface area (Å²) in [7, 11) is 0. The third kappa shape index (κ3) is 2.67. The first-order valence-electron chi connectivity index (χ1n) is 7.46. The Balaban J connectivity index is 1.80. The summed E-state index contributed by atoms with van der Waals surface area (Å²) < 4.78 is 10.6. The van der Waals surface area contributed by atoms with Crippen LogP contribution in [0.3, 0.4) is 0 Å². The number of ether oxygens (including phenoxy) is 1. The summed E-state index contributed by atoms with van der Waals surface area (Å²) in [6.07, 6.45) is 0. The van der Waals surface area contributed by atoms with Crippen molar-refractivity contribution < 1.29 is 14.3 Å². The van der Waals surface area contributed by atoms with Gasteiger partial charge in [-0.05, 0) is 28.0 Å². The van der Waals surface area contributed by atoms with Crippen LogP contribution in [0, 0.1) is 10.1 Å². The highest BCUT2D eigenvalue weighted by Crippen LogP contribution is 2.37. The number of benzene rings is 3. The Morgan fingerprint density at radius 3 is 2.36 bits per heavy atom. The lowest BCUT2D eigenvalue weighted by molar-refractivity contribution is -0.383. The van der Waals surface area contributed by atoms with Crippen molar-refractivity contribution in [3.63, 3.8) is 0 Å². The molecule has 0 saturated heterocycles. The van der Waals surface area contributed by atoms with Gasteiger partial charge in [0.2, 0.25) is 5.52 Å². The number of hydrogen-bond acceptors (Lipinski definition) is 6. The second-order valence-corrected chi connectivity index (χ2v) is 5.27. The maximum Gasteiger partial charge on any atom is 0.301 e. The van der Waals surface area contributed by atoms with Crippen LogP contribution in [0.1, 0.15) is 0 Å². The van der Waals surface area contributed by atoms with Crippen LogP contribution >= 0.6 is 0 Å². The Labute approximate surface area is 141 Å². The van der Waals surface area contributed by atoms with Crippen LogP contribution in [0.2, 0.25) is 0 Å². The molecule has 0 fully saturated rings. The number of hydrogen-bond donors (Lipinski definition) is 0. The molecule has 0 spiro atoms. The molecular formula is C18H11N3O4. The van der Waals surface area contributed by atoms with Gasteiger partial charge in [-0.15, -0.1) is 0 Å². The Morgan fingerprint density at radius 1 is 0.840 bits per heavy atom. The summed E-state index contributed by atoms with van der Waals surface area (Å²) in [5, 5.41) is 18.4. The SMILES string of the molecule is O=[N+]([O-])c1ccc(Oc2ccccc2-c2ccccc2)c2nonc12. The first-order chi connectivity index (χ1) is 12.2. The van der Waals surface area contributed by atoms with E-state index in [1.165, 1.54) is 12.1 Å². The minimum atomic E-state index is -0.534. The molecule has 0 N–H and O–H groups in total. The summed E-state index contributed by atoms with van der Waals surface area (Å²) >= 11 is 0. The molecule has 0 bridgehead atoms. The molecule has 1 aromatic heterocycles. The van der Waals surface area contributed by atoms with Gasteiger partial charge in [-0.25, -0.2) is 4.63 Å². The van der Waals surface area contributed by atoms with Gasteiger partial charge in [0.15, 0.2) is 11.3 Å². The summed E-state index contributed by atoms with van der Waals surface area (Å²) in [5.74, 6) is 0.942. The Hall–Kier alpha value is -3.74. The lowest BCUT2D eigenvalue weighted by atomic mass is 10.0. The predicted molar refractivity (Wildman–Crippen MR) is 90.4 cm³/mol. The van der Waals surface area contributed by atoms with Gasteiger partial charge in [0.25, 0.3) is 0 Å². The average Bonchev–Trinajstić information content (AvgIpc) is 3.13. The zero-order chi connectivity index (χ0) is 17.2. The maximum atomic E-state index is 11.1. The van der Waals surface area contributed by atoms with E-state index >= 15 is 0 Å². The molecule has 7 nitrogen and oxygen atoms in total. The molecule has 122 valence electrons. The zero-order valence-corrected chi connectivity index (χ0v) is 12.8. The zero-order valence-electron chi connectivity index (χ0n) is 12.8. The van der Waals surface area contributed by atoms with E-state index in [1.54, 1.807) is 0 Å². The standard InChI is InChI=1S/C18H11N3O4/c22-21(23)14-10-11-16(18-17(14)19-25-20-18)24-15-9-5-4-8-13(15)12-6-2-1-3-7-12/h1-11H. The number of fused-ring (bicyclic) bond motifs is 1. The van der Waals surface area contributed by atoms with Crippen molar-refractivity contribution in [2.75, 3.05) is 0 Å². The van der Waals surface area contributed by atoms with Crippen molar-refractivity contribution in [3.8, 4) is 22.6 Å². The lowest BCUT2D eigenvalue weighted by Gasteiger charge is -2.11. The maximum absolute atomic E-state index is 11.1. The van der Waals surface area contributed by atoms with Crippen molar-refractivity contribution in [1.29, 1.82) is 0 Å². The molecule has 0 unspecified atom stereocenters. The molecule has 7 heteroatoms. The topological polar surface area (TPSA) is 91.3 Å². The molecular weight excluding hydrogens is 322 g/mol. The first-order valence-corrected chi connectivity index (χ1v) is 7.46. The van der Waals surface area contributed by atoms with Gasteiger partial charge in [0.05, 0.1) is 4.92 Å². The smallest absolute Gasteiger partial charge is 0.301 e. The lowest BCUT2D eigenvalue weighted by Crippen LogP contribution is -1.93. The fourth-order valence-corrected chi connectivity index (χ4v) is 2.59. The Morgan fingerprint density at radius 2 is 1.56 bits per heavy atom. The van der Waals surface area contributed by atoms with E-state index in [1.807, 2.05) is 54.6 Å². The third-order valence-corrected chi connectivity index (χ3v) is 3.75. The molecule has 0 aliphatic carbocycles. The van der Waals surface area contributed by atoms with Gasteiger partial charge in [-0.3, -0.25) is 10.1 Å². The van der Waals surface area contributed by atoms with Crippen molar-refractivity contribution >= 4 is 16.7 Å². The number of non-ortho nitro benzene ring substituents is 1. The summed E-state index contributed by atoms with van der Waals surface area (Å²) in [6.45, 7) is 0. The molecule has 0 amide bonds. The van der Waals surface area contributed by atoms with Gasteiger partial charge in [-0.1, -0.05) is 48.5 Å². The van der Waals surface area contributed by atoms with Gasteiger partial charge in [0, 0.05) is 11.6 Å². The molecule has 0 atom stereocenters. The van der Waals surface area contributed by atoms with Crippen molar-refractivity contribution in [2.24, 2.45) is 0 Å². The van der Waals surface area contributed by atoms with Crippen LogP contribution in [0.4, 0.5) is 5.69 Å².